The van der Waals surface area contributed by atoms with Crippen LogP contribution in [0.3, 0.4) is 0 Å². The van der Waals surface area contributed by atoms with Crippen LogP contribution in [-0.2, 0) is 5.41 Å². The van der Waals surface area contributed by atoms with Gasteiger partial charge in [-0.1, -0.05) is 25.1 Å². The fraction of sp³-hybridized carbons (Fsp3) is 0.684. The summed E-state index contributed by atoms with van der Waals surface area (Å²) in [6.45, 7) is 7.44. The van der Waals surface area contributed by atoms with Crippen molar-refractivity contribution in [1.82, 2.24) is 9.96 Å². The van der Waals surface area contributed by atoms with Crippen molar-refractivity contribution in [2.75, 3.05) is 38.0 Å². The smallest absolute Gasteiger partial charge is 0.0379 e. The highest BCUT2D eigenvalue weighted by molar-refractivity contribution is 5.60. The molecule has 1 spiro atoms. The molecule has 1 aromatic rings. The lowest BCUT2D eigenvalue weighted by Gasteiger charge is -2.52. The van der Waals surface area contributed by atoms with Gasteiger partial charge in [0.1, 0.15) is 0 Å². The van der Waals surface area contributed by atoms with E-state index >= 15 is 0 Å². The molecular weight excluding hydrogens is 286 g/mol. The molecule has 126 valence electrons. The molecule has 0 unspecified atom stereocenters. The molecule has 0 aromatic heterocycles. The number of hydrogen-bond donors (Lipinski definition) is 2. The van der Waals surface area contributed by atoms with Crippen molar-refractivity contribution in [3.05, 3.63) is 29.8 Å². The summed E-state index contributed by atoms with van der Waals surface area (Å²) in [5, 5.41) is 14.8. The first-order chi connectivity index (χ1) is 11.2. The van der Waals surface area contributed by atoms with E-state index in [1.54, 1.807) is 0 Å². The fourth-order valence-electron chi connectivity index (χ4n) is 5.12. The maximum absolute atomic E-state index is 9.72. The molecule has 2 fully saturated rings. The highest BCUT2D eigenvalue weighted by atomic mass is 16.5. The van der Waals surface area contributed by atoms with Crippen LogP contribution in [0.1, 0.15) is 44.6 Å². The third kappa shape index (κ3) is 2.48. The molecule has 3 heterocycles. The first-order valence-electron chi connectivity index (χ1n) is 9.20. The molecule has 1 aromatic carbocycles. The number of anilines is 1. The predicted octanol–water partition coefficient (Wildman–Crippen LogP) is 3.08. The average molecular weight is 315 g/mol. The van der Waals surface area contributed by atoms with E-state index in [4.69, 9.17) is 0 Å². The van der Waals surface area contributed by atoms with Crippen molar-refractivity contribution in [1.29, 1.82) is 0 Å². The summed E-state index contributed by atoms with van der Waals surface area (Å²) in [7, 11) is 0. The third-order valence-electron chi connectivity index (χ3n) is 6.84. The van der Waals surface area contributed by atoms with E-state index in [1.165, 1.54) is 48.7 Å². The standard InChI is InChI=1S/C19H29N3O/c1-2-19(9-13-22(23)14-10-19)21-11-7-18(8-12-21)15-20-17-6-4-3-5-16(17)18/h3-6,20,23H,2,7-15H2,1H3. The molecule has 23 heavy (non-hydrogen) atoms. The van der Waals surface area contributed by atoms with Gasteiger partial charge in [-0.2, -0.15) is 5.06 Å². The largest absolute Gasteiger partial charge is 0.384 e. The van der Waals surface area contributed by atoms with Gasteiger partial charge in [0.15, 0.2) is 0 Å². The number of likely N-dealkylation sites (tertiary alicyclic amines) is 1. The zero-order chi connectivity index (χ0) is 15.9. The molecule has 0 aliphatic carbocycles. The Hall–Kier alpha value is -1.10. The number of benzene rings is 1. The van der Waals surface area contributed by atoms with Crippen molar-refractivity contribution < 1.29 is 5.21 Å². The van der Waals surface area contributed by atoms with Crippen LogP contribution in [-0.4, -0.2) is 53.4 Å². The fourth-order valence-corrected chi connectivity index (χ4v) is 5.12. The molecule has 3 aliphatic heterocycles. The van der Waals surface area contributed by atoms with E-state index in [9.17, 15) is 5.21 Å². The molecule has 0 bridgehead atoms. The van der Waals surface area contributed by atoms with Crippen LogP contribution in [0.15, 0.2) is 24.3 Å². The third-order valence-corrected chi connectivity index (χ3v) is 6.84. The number of hydroxylamine groups is 2. The Kier molecular flexibility index (Phi) is 3.87. The lowest BCUT2D eigenvalue weighted by Crippen LogP contribution is -2.58. The van der Waals surface area contributed by atoms with Crippen LogP contribution in [0.25, 0.3) is 0 Å². The van der Waals surface area contributed by atoms with Gasteiger partial charge >= 0.3 is 0 Å². The van der Waals surface area contributed by atoms with Crippen LogP contribution in [0.4, 0.5) is 5.69 Å². The molecule has 2 saturated heterocycles. The van der Waals surface area contributed by atoms with Gasteiger partial charge in [0.05, 0.1) is 0 Å². The second-order valence-corrected chi connectivity index (χ2v) is 7.70. The molecule has 4 rings (SSSR count). The van der Waals surface area contributed by atoms with E-state index in [2.05, 4.69) is 41.4 Å². The van der Waals surface area contributed by atoms with E-state index in [0.29, 0.717) is 11.0 Å². The summed E-state index contributed by atoms with van der Waals surface area (Å²) in [6.07, 6.45) is 5.90. The molecule has 4 nitrogen and oxygen atoms in total. The van der Waals surface area contributed by atoms with Crippen LogP contribution in [0, 0.1) is 0 Å². The number of nitrogens with one attached hydrogen (secondary N) is 1. The quantitative estimate of drug-likeness (QED) is 0.880. The van der Waals surface area contributed by atoms with Crippen LogP contribution in [0.2, 0.25) is 0 Å². The summed E-state index contributed by atoms with van der Waals surface area (Å²) in [5.41, 5.74) is 3.54. The van der Waals surface area contributed by atoms with Crippen molar-refractivity contribution >= 4 is 5.69 Å². The van der Waals surface area contributed by atoms with E-state index in [0.717, 1.165) is 32.5 Å². The Morgan fingerprint density at radius 3 is 2.43 bits per heavy atom. The normalized spacial score (nSPS) is 26.9. The minimum Gasteiger partial charge on any atom is -0.384 e. The Morgan fingerprint density at radius 2 is 1.74 bits per heavy atom. The Morgan fingerprint density at radius 1 is 1.04 bits per heavy atom. The van der Waals surface area contributed by atoms with E-state index in [-0.39, 0.29) is 0 Å². The van der Waals surface area contributed by atoms with Gasteiger partial charge in [-0.05, 0) is 56.8 Å². The van der Waals surface area contributed by atoms with Gasteiger partial charge in [0.2, 0.25) is 0 Å². The molecule has 0 radical (unpaired) electrons. The SMILES string of the molecule is CCC1(N2CCC3(CC2)CNc2ccccc23)CCN(O)CC1. The second kappa shape index (κ2) is 5.76. The maximum Gasteiger partial charge on any atom is 0.0379 e. The van der Waals surface area contributed by atoms with Gasteiger partial charge in [-0.3, -0.25) is 4.90 Å². The van der Waals surface area contributed by atoms with Crippen molar-refractivity contribution in [2.45, 2.75) is 50.0 Å². The number of piperidine rings is 2. The van der Waals surface area contributed by atoms with E-state index < -0.39 is 0 Å². The summed E-state index contributed by atoms with van der Waals surface area (Å²) in [6, 6.07) is 8.87. The highest BCUT2D eigenvalue weighted by Crippen LogP contribution is 2.46. The number of rotatable bonds is 2. The first-order valence-corrected chi connectivity index (χ1v) is 9.20. The van der Waals surface area contributed by atoms with Gasteiger partial charge < -0.3 is 10.5 Å². The number of para-hydroxylation sites is 1. The zero-order valence-corrected chi connectivity index (χ0v) is 14.2. The van der Waals surface area contributed by atoms with Crippen LogP contribution < -0.4 is 5.32 Å². The summed E-state index contributed by atoms with van der Waals surface area (Å²) in [5.74, 6) is 0. The zero-order valence-electron chi connectivity index (χ0n) is 14.2. The average Bonchev–Trinajstić information content (AvgIpc) is 2.96. The first kappa shape index (κ1) is 15.4. The Balaban J connectivity index is 1.49. The number of nitrogens with zero attached hydrogens (tertiary/aromatic N) is 2. The molecule has 3 aliphatic rings. The monoisotopic (exact) mass is 315 g/mol. The molecule has 0 atom stereocenters. The lowest BCUT2D eigenvalue weighted by atomic mass is 9.72. The molecule has 0 amide bonds. The van der Waals surface area contributed by atoms with Gasteiger partial charge in [-0.15, -0.1) is 0 Å². The van der Waals surface area contributed by atoms with Gasteiger partial charge in [-0.25, -0.2) is 0 Å². The number of fused-ring (bicyclic) bond motifs is 2. The molecule has 0 saturated carbocycles. The molecular formula is C19H29N3O. The van der Waals surface area contributed by atoms with Gasteiger partial charge in [0.25, 0.3) is 0 Å². The Bertz CT molecular complexity index is 557. The minimum atomic E-state index is 0.312. The number of hydrogen-bond acceptors (Lipinski definition) is 4. The maximum atomic E-state index is 9.72. The van der Waals surface area contributed by atoms with Crippen LogP contribution >= 0.6 is 0 Å². The predicted molar refractivity (Wildman–Crippen MR) is 93.0 cm³/mol. The molecule has 4 heteroatoms. The molecule has 2 N–H and O–H groups in total. The van der Waals surface area contributed by atoms with Gasteiger partial charge in [0, 0.05) is 36.3 Å². The minimum absolute atomic E-state index is 0.312. The topological polar surface area (TPSA) is 38.7 Å². The van der Waals surface area contributed by atoms with Crippen LogP contribution in [0.5, 0.6) is 0 Å². The van der Waals surface area contributed by atoms with E-state index in [1.807, 2.05) is 0 Å². The van der Waals surface area contributed by atoms with Crippen molar-refractivity contribution in [3.8, 4) is 0 Å². The highest BCUT2D eigenvalue weighted by Gasteiger charge is 2.46. The summed E-state index contributed by atoms with van der Waals surface area (Å²) < 4.78 is 0. The second-order valence-electron chi connectivity index (χ2n) is 7.70. The Labute approximate surface area is 139 Å². The summed E-state index contributed by atoms with van der Waals surface area (Å²) >= 11 is 0. The lowest BCUT2D eigenvalue weighted by molar-refractivity contribution is -0.137. The van der Waals surface area contributed by atoms with Crippen molar-refractivity contribution in [3.63, 3.8) is 0 Å². The summed E-state index contributed by atoms with van der Waals surface area (Å²) in [4.78, 5) is 2.74. The van der Waals surface area contributed by atoms with Crippen molar-refractivity contribution in [2.24, 2.45) is 0 Å².